The van der Waals surface area contributed by atoms with Crippen molar-refractivity contribution in [2.24, 2.45) is 7.05 Å². The lowest BCUT2D eigenvalue weighted by atomic mass is 10.3. The molecule has 8 heteroatoms. The summed E-state index contributed by atoms with van der Waals surface area (Å²) >= 11 is 0. The minimum atomic E-state index is -3.56. The van der Waals surface area contributed by atoms with E-state index in [9.17, 15) is 8.42 Å². The van der Waals surface area contributed by atoms with Crippen molar-refractivity contribution in [3.63, 3.8) is 0 Å². The monoisotopic (exact) mass is 297 g/mol. The van der Waals surface area contributed by atoms with Crippen LogP contribution in [0.15, 0.2) is 17.3 Å². The van der Waals surface area contributed by atoms with Crippen molar-refractivity contribution in [3.8, 4) is 0 Å². The molecule has 7 nitrogen and oxygen atoms in total. The number of hydrogen-bond donors (Lipinski definition) is 1. The molecule has 110 valence electrons. The standard InChI is InChI=1S/C12H19N5O2S/c1-5-17-10(3)12(8-14-17)20(18,19)15-7-11-6-13-16(4)9(11)2/h6,8,15H,5,7H2,1-4H3. The van der Waals surface area contributed by atoms with Gasteiger partial charge in [0.25, 0.3) is 0 Å². The molecule has 0 unspecified atom stereocenters. The first-order valence-corrected chi connectivity index (χ1v) is 7.84. The molecule has 0 spiro atoms. The molecule has 0 aromatic carbocycles. The second-order valence-electron chi connectivity index (χ2n) is 4.61. The van der Waals surface area contributed by atoms with E-state index in [4.69, 9.17) is 0 Å². The highest BCUT2D eigenvalue weighted by molar-refractivity contribution is 7.89. The number of sulfonamides is 1. The molecule has 0 saturated carbocycles. The molecule has 0 radical (unpaired) electrons. The fraction of sp³-hybridized carbons (Fsp3) is 0.500. The summed E-state index contributed by atoms with van der Waals surface area (Å²) in [5.41, 5.74) is 2.44. The van der Waals surface area contributed by atoms with E-state index < -0.39 is 10.0 Å². The zero-order chi connectivity index (χ0) is 14.9. The first-order valence-electron chi connectivity index (χ1n) is 6.36. The molecule has 2 aromatic heterocycles. The van der Waals surface area contributed by atoms with Gasteiger partial charge in [0.15, 0.2) is 0 Å². The SMILES string of the molecule is CCn1ncc(S(=O)(=O)NCc2cnn(C)c2C)c1C. The highest BCUT2D eigenvalue weighted by Gasteiger charge is 2.20. The Morgan fingerprint density at radius 2 is 1.90 bits per heavy atom. The van der Waals surface area contributed by atoms with Gasteiger partial charge in [-0.2, -0.15) is 10.2 Å². The van der Waals surface area contributed by atoms with Crippen LogP contribution in [-0.4, -0.2) is 28.0 Å². The first kappa shape index (κ1) is 14.7. The Morgan fingerprint density at radius 1 is 1.20 bits per heavy atom. The molecule has 0 saturated heterocycles. The van der Waals surface area contributed by atoms with E-state index in [1.807, 2.05) is 20.9 Å². The highest BCUT2D eigenvalue weighted by Crippen LogP contribution is 2.15. The van der Waals surface area contributed by atoms with Gasteiger partial charge in [0, 0.05) is 31.4 Å². The molecule has 0 atom stereocenters. The highest BCUT2D eigenvalue weighted by atomic mass is 32.2. The van der Waals surface area contributed by atoms with Crippen LogP contribution in [0.1, 0.15) is 23.9 Å². The Kier molecular flexibility index (Phi) is 3.96. The average Bonchev–Trinajstić information content (AvgIpc) is 2.93. The van der Waals surface area contributed by atoms with Gasteiger partial charge in [0.2, 0.25) is 10.0 Å². The van der Waals surface area contributed by atoms with Crippen LogP contribution in [-0.2, 0) is 30.2 Å². The lowest BCUT2D eigenvalue weighted by Crippen LogP contribution is -2.24. The molecule has 0 fully saturated rings. The fourth-order valence-corrected chi connectivity index (χ4v) is 3.16. The number of rotatable bonds is 5. The van der Waals surface area contributed by atoms with Gasteiger partial charge in [-0.25, -0.2) is 13.1 Å². The van der Waals surface area contributed by atoms with Gasteiger partial charge in [0.1, 0.15) is 4.90 Å². The number of aryl methyl sites for hydroxylation is 2. The Hall–Kier alpha value is -1.67. The predicted octanol–water partition coefficient (Wildman–Crippen LogP) is 0.732. The summed E-state index contributed by atoms with van der Waals surface area (Å²) in [7, 11) is -1.73. The molecule has 0 aliphatic carbocycles. The van der Waals surface area contributed by atoms with Crippen molar-refractivity contribution >= 4 is 10.0 Å². The van der Waals surface area contributed by atoms with Crippen molar-refractivity contribution in [1.82, 2.24) is 24.3 Å². The Bertz CT molecular complexity index is 714. The summed E-state index contributed by atoms with van der Waals surface area (Å²) < 4.78 is 30.5. The van der Waals surface area contributed by atoms with Gasteiger partial charge >= 0.3 is 0 Å². The third kappa shape index (κ3) is 2.61. The lowest BCUT2D eigenvalue weighted by Gasteiger charge is -2.06. The molecular weight excluding hydrogens is 278 g/mol. The van der Waals surface area contributed by atoms with Crippen LogP contribution in [0.5, 0.6) is 0 Å². The van der Waals surface area contributed by atoms with Crippen LogP contribution in [0.2, 0.25) is 0 Å². The maximum Gasteiger partial charge on any atom is 0.244 e. The average molecular weight is 297 g/mol. The van der Waals surface area contributed by atoms with E-state index in [2.05, 4.69) is 14.9 Å². The fourth-order valence-electron chi connectivity index (χ4n) is 1.98. The number of hydrogen-bond acceptors (Lipinski definition) is 4. The van der Waals surface area contributed by atoms with Crippen molar-refractivity contribution in [3.05, 3.63) is 29.3 Å². The van der Waals surface area contributed by atoms with E-state index in [1.165, 1.54) is 6.20 Å². The molecule has 2 rings (SSSR count). The van der Waals surface area contributed by atoms with Crippen LogP contribution >= 0.6 is 0 Å². The Morgan fingerprint density at radius 3 is 2.40 bits per heavy atom. The second-order valence-corrected chi connectivity index (χ2v) is 6.35. The van der Waals surface area contributed by atoms with Gasteiger partial charge in [-0.3, -0.25) is 9.36 Å². The third-order valence-corrected chi connectivity index (χ3v) is 4.94. The van der Waals surface area contributed by atoms with Crippen LogP contribution in [0, 0.1) is 13.8 Å². The minimum Gasteiger partial charge on any atom is -0.273 e. The zero-order valence-corrected chi connectivity index (χ0v) is 12.9. The van der Waals surface area contributed by atoms with Crippen LogP contribution in [0.25, 0.3) is 0 Å². The zero-order valence-electron chi connectivity index (χ0n) is 12.1. The molecule has 1 N–H and O–H groups in total. The van der Waals surface area contributed by atoms with E-state index in [0.717, 1.165) is 11.3 Å². The van der Waals surface area contributed by atoms with Crippen LogP contribution in [0.3, 0.4) is 0 Å². The topological polar surface area (TPSA) is 81.8 Å². The lowest BCUT2D eigenvalue weighted by molar-refractivity contribution is 0.579. The molecule has 0 aliphatic rings. The van der Waals surface area contributed by atoms with Crippen LogP contribution in [0.4, 0.5) is 0 Å². The molecule has 2 aromatic rings. The molecule has 0 bridgehead atoms. The second kappa shape index (κ2) is 5.37. The summed E-state index contributed by atoms with van der Waals surface area (Å²) in [6, 6.07) is 0. The number of nitrogens with one attached hydrogen (secondary N) is 1. The molecule has 2 heterocycles. The Labute approximate surface area is 118 Å². The van der Waals surface area contributed by atoms with Crippen LogP contribution < -0.4 is 4.72 Å². The Balaban J connectivity index is 2.19. The van der Waals surface area contributed by atoms with Crippen molar-refractivity contribution in [2.45, 2.75) is 38.8 Å². The van der Waals surface area contributed by atoms with Crippen molar-refractivity contribution < 1.29 is 8.42 Å². The number of nitrogens with zero attached hydrogens (tertiary/aromatic N) is 4. The summed E-state index contributed by atoms with van der Waals surface area (Å²) in [4.78, 5) is 0.223. The van der Waals surface area contributed by atoms with Gasteiger partial charge < -0.3 is 0 Å². The van der Waals surface area contributed by atoms with E-state index >= 15 is 0 Å². The third-order valence-electron chi connectivity index (χ3n) is 3.44. The maximum absolute atomic E-state index is 12.3. The van der Waals surface area contributed by atoms with Gasteiger partial charge in [0.05, 0.1) is 18.1 Å². The summed E-state index contributed by atoms with van der Waals surface area (Å²) in [5.74, 6) is 0. The number of aromatic nitrogens is 4. The molecular formula is C12H19N5O2S. The molecule has 20 heavy (non-hydrogen) atoms. The van der Waals surface area contributed by atoms with Gasteiger partial charge in [-0.05, 0) is 20.8 Å². The quantitative estimate of drug-likeness (QED) is 0.882. The first-order chi connectivity index (χ1) is 9.36. The van der Waals surface area contributed by atoms with Gasteiger partial charge in [-0.1, -0.05) is 0 Å². The smallest absolute Gasteiger partial charge is 0.244 e. The van der Waals surface area contributed by atoms with Gasteiger partial charge in [-0.15, -0.1) is 0 Å². The largest absolute Gasteiger partial charge is 0.273 e. The maximum atomic E-state index is 12.3. The normalized spacial score (nSPS) is 12.0. The van der Waals surface area contributed by atoms with Crippen molar-refractivity contribution in [1.29, 1.82) is 0 Å². The summed E-state index contributed by atoms with van der Waals surface area (Å²) in [5, 5.41) is 8.15. The predicted molar refractivity (Wildman–Crippen MR) is 74.6 cm³/mol. The summed E-state index contributed by atoms with van der Waals surface area (Å²) in [6.45, 7) is 6.43. The summed E-state index contributed by atoms with van der Waals surface area (Å²) in [6.07, 6.45) is 3.05. The van der Waals surface area contributed by atoms with E-state index in [-0.39, 0.29) is 11.4 Å². The van der Waals surface area contributed by atoms with E-state index in [0.29, 0.717) is 12.2 Å². The minimum absolute atomic E-state index is 0.221. The molecule has 0 aliphatic heterocycles. The van der Waals surface area contributed by atoms with E-state index in [1.54, 1.807) is 22.5 Å². The molecule has 0 amide bonds. The van der Waals surface area contributed by atoms with Crippen molar-refractivity contribution in [2.75, 3.05) is 0 Å².